The van der Waals surface area contributed by atoms with Gasteiger partial charge in [0.05, 0.1) is 11.4 Å². The van der Waals surface area contributed by atoms with Crippen LogP contribution in [0.5, 0.6) is 0 Å². The van der Waals surface area contributed by atoms with Crippen LogP contribution in [0.25, 0.3) is 0 Å². The average Bonchev–Trinajstić information content (AvgIpc) is 2.03. The van der Waals surface area contributed by atoms with Crippen molar-refractivity contribution in [1.29, 1.82) is 0 Å². The molecule has 0 saturated carbocycles. The lowest BCUT2D eigenvalue weighted by molar-refractivity contribution is -0.497. The Morgan fingerprint density at radius 2 is 2.55 bits per heavy atom. The first-order chi connectivity index (χ1) is 5.29. The van der Waals surface area contributed by atoms with E-state index in [4.69, 9.17) is 0 Å². The van der Waals surface area contributed by atoms with Crippen molar-refractivity contribution in [2.24, 2.45) is 5.22 Å². The Balaban J connectivity index is 2.59. The van der Waals surface area contributed by atoms with Gasteiger partial charge in [0.1, 0.15) is 7.05 Å². The summed E-state index contributed by atoms with van der Waals surface area (Å²) in [6.45, 7) is 0. The van der Waals surface area contributed by atoms with Crippen molar-refractivity contribution in [3.05, 3.63) is 29.7 Å². The first kappa shape index (κ1) is 7.46. The van der Waals surface area contributed by atoms with Crippen LogP contribution < -0.4 is 5.43 Å². The van der Waals surface area contributed by atoms with Crippen LogP contribution in [0.4, 0.5) is 5.69 Å². The number of nitrogens with zero attached hydrogens (tertiary/aromatic N) is 3. The molecule has 0 atom stereocenters. The Morgan fingerprint density at radius 1 is 1.73 bits per heavy atom. The fraction of sp³-hybridized carbons (Fsp3) is 0.167. The summed E-state index contributed by atoms with van der Waals surface area (Å²) in [4.78, 5) is 4.26. The lowest BCUT2D eigenvalue weighted by atomic mass is 10.4. The summed E-state index contributed by atoms with van der Waals surface area (Å²) in [7, 11) is 1.30. The van der Waals surface area contributed by atoms with Crippen LogP contribution in [0.3, 0.4) is 0 Å². The summed E-state index contributed by atoms with van der Waals surface area (Å²) >= 11 is 0. The molecule has 0 saturated heterocycles. The second kappa shape index (κ2) is 3.50. The molecule has 1 aromatic heterocycles. The van der Waals surface area contributed by atoms with Crippen molar-refractivity contribution >= 4 is 5.69 Å². The summed E-state index contributed by atoms with van der Waals surface area (Å²) in [5, 5.41) is 13.7. The van der Waals surface area contributed by atoms with E-state index >= 15 is 0 Å². The van der Waals surface area contributed by atoms with E-state index in [0.717, 1.165) is 0 Å². The molecule has 0 aliphatic heterocycles. The molecule has 0 amide bonds. The van der Waals surface area contributed by atoms with Crippen molar-refractivity contribution in [2.75, 3.05) is 12.5 Å². The van der Waals surface area contributed by atoms with Crippen LogP contribution >= 0.6 is 0 Å². The third-order valence-electron chi connectivity index (χ3n) is 0.981. The van der Waals surface area contributed by atoms with Gasteiger partial charge in [-0.05, 0) is 12.1 Å². The van der Waals surface area contributed by atoms with Crippen molar-refractivity contribution in [2.45, 2.75) is 0 Å². The molecule has 5 nitrogen and oxygen atoms in total. The fourth-order valence-corrected chi connectivity index (χ4v) is 0.557. The standard InChI is InChI=1S/C6H8N4O/c1-10(11)9-8-6-3-2-4-7-5-6/h2-5,8H,1H3/b10-9-. The maximum absolute atomic E-state index is 10.3. The maximum Gasteiger partial charge on any atom is 0.165 e. The zero-order valence-electron chi connectivity index (χ0n) is 6.06. The van der Waals surface area contributed by atoms with Crippen LogP contribution in [0.2, 0.25) is 0 Å². The van der Waals surface area contributed by atoms with Crippen molar-refractivity contribution < 1.29 is 4.86 Å². The molecular weight excluding hydrogens is 144 g/mol. The van der Waals surface area contributed by atoms with Gasteiger partial charge < -0.3 is 5.21 Å². The quantitative estimate of drug-likeness (QED) is 0.390. The molecule has 0 bridgehead atoms. The molecule has 11 heavy (non-hydrogen) atoms. The molecular formula is C6H8N4O. The maximum atomic E-state index is 10.3. The second-order valence-corrected chi connectivity index (χ2v) is 1.92. The van der Waals surface area contributed by atoms with E-state index < -0.39 is 0 Å². The molecule has 58 valence electrons. The molecule has 1 aromatic rings. The highest BCUT2D eigenvalue weighted by Crippen LogP contribution is 2.01. The molecule has 0 spiro atoms. The minimum Gasteiger partial charge on any atom is -0.696 e. The Labute approximate surface area is 63.9 Å². The largest absolute Gasteiger partial charge is 0.696 e. The van der Waals surface area contributed by atoms with Gasteiger partial charge in [0.25, 0.3) is 0 Å². The molecule has 0 radical (unpaired) electrons. The summed E-state index contributed by atoms with van der Waals surface area (Å²) < 4.78 is 0. The second-order valence-electron chi connectivity index (χ2n) is 1.92. The van der Waals surface area contributed by atoms with Crippen molar-refractivity contribution in [3.63, 3.8) is 0 Å². The van der Waals surface area contributed by atoms with E-state index in [1.807, 2.05) is 0 Å². The number of aromatic nitrogens is 1. The lowest BCUT2D eigenvalue weighted by Crippen LogP contribution is -1.96. The minimum atomic E-state index is 0.438. The lowest BCUT2D eigenvalue weighted by Gasteiger charge is -1.95. The Morgan fingerprint density at radius 3 is 3.09 bits per heavy atom. The predicted molar refractivity (Wildman–Crippen MR) is 39.8 cm³/mol. The van der Waals surface area contributed by atoms with Crippen LogP contribution in [0.1, 0.15) is 0 Å². The van der Waals surface area contributed by atoms with Crippen molar-refractivity contribution in [3.8, 4) is 0 Å². The number of nitrogens with one attached hydrogen (secondary N) is 1. The van der Waals surface area contributed by atoms with E-state index in [9.17, 15) is 5.21 Å². The molecule has 5 heteroatoms. The molecule has 0 aliphatic carbocycles. The zero-order valence-corrected chi connectivity index (χ0v) is 6.06. The number of anilines is 1. The van der Waals surface area contributed by atoms with E-state index in [2.05, 4.69) is 15.6 Å². The van der Waals surface area contributed by atoms with Crippen LogP contribution in [0.15, 0.2) is 29.7 Å². The minimum absolute atomic E-state index is 0.438. The number of hydrogen-bond acceptors (Lipinski definition) is 3. The number of hydrogen-bond donors (Lipinski definition) is 1. The molecule has 0 aromatic carbocycles. The first-order valence-electron chi connectivity index (χ1n) is 3.06. The van der Waals surface area contributed by atoms with Gasteiger partial charge >= 0.3 is 0 Å². The van der Waals surface area contributed by atoms with E-state index in [1.54, 1.807) is 24.5 Å². The topological polar surface area (TPSA) is 63.4 Å². The fourth-order valence-electron chi connectivity index (χ4n) is 0.557. The smallest absolute Gasteiger partial charge is 0.165 e. The van der Waals surface area contributed by atoms with Gasteiger partial charge in [0.15, 0.2) is 5.69 Å². The van der Waals surface area contributed by atoms with E-state index in [1.165, 1.54) is 7.05 Å². The average molecular weight is 152 g/mol. The highest BCUT2D eigenvalue weighted by atomic mass is 16.5. The van der Waals surface area contributed by atoms with Gasteiger partial charge in [-0.1, -0.05) is 0 Å². The molecule has 1 heterocycles. The third kappa shape index (κ3) is 2.61. The summed E-state index contributed by atoms with van der Waals surface area (Å²) in [6.07, 6.45) is 3.22. The number of pyridine rings is 1. The molecule has 0 aliphatic rings. The first-order valence-corrected chi connectivity index (χ1v) is 3.06. The van der Waals surface area contributed by atoms with Gasteiger partial charge in [0, 0.05) is 6.20 Å². The Kier molecular flexibility index (Phi) is 2.37. The predicted octanol–water partition coefficient (Wildman–Crippen LogP) is 1.00. The van der Waals surface area contributed by atoms with Crippen LogP contribution in [-0.2, 0) is 0 Å². The normalized spacial score (nSPS) is 11.2. The zero-order chi connectivity index (χ0) is 8.10. The van der Waals surface area contributed by atoms with Crippen molar-refractivity contribution in [1.82, 2.24) is 4.98 Å². The third-order valence-corrected chi connectivity index (χ3v) is 0.981. The van der Waals surface area contributed by atoms with Crippen LogP contribution in [-0.4, -0.2) is 16.9 Å². The number of hydroxylamine groups is 1. The summed E-state index contributed by atoms with van der Waals surface area (Å²) in [5.41, 5.74) is 3.21. The van der Waals surface area contributed by atoms with Crippen LogP contribution in [0, 0.1) is 5.21 Å². The Hall–Kier alpha value is -1.65. The van der Waals surface area contributed by atoms with Gasteiger partial charge in [-0.3, -0.25) is 4.98 Å². The molecule has 1 rings (SSSR count). The van der Waals surface area contributed by atoms with Gasteiger partial charge in [-0.15, -0.1) is 5.43 Å². The summed E-state index contributed by atoms with van der Waals surface area (Å²) in [6, 6.07) is 3.52. The highest BCUT2D eigenvalue weighted by molar-refractivity contribution is 5.37. The molecule has 0 fully saturated rings. The van der Waals surface area contributed by atoms with E-state index in [-0.39, 0.29) is 0 Å². The highest BCUT2D eigenvalue weighted by Gasteiger charge is 1.91. The number of rotatable bonds is 2. The molecule has 1 N–H and O–H groups in total. The SMILES string of the molecule is C/[N+]([O-])=N/Nc1cccnc1. The van der Waals surface area contributed by atoms with Gasteiger partial charge in [-0.25, -0.2) is 0 Å². The molecule has 0 unspecified atom stereocenters. The monoisotopic (exact) mass is 152 g/mol. The van der Waals surface area contributed by atoms with E-state index in [0.29, 0.717) is 10.5 Å². The Bertz CT molecular complexity index is 242. The van der Waals surface area contributed by atoms with Gasteiger partial charge in [-0.2, -0.15) is 4.86 Å². The summed E-state index contributed by atoms with van der Waals surface area (Å²) in [5.74, 6) is 0. The van der Waals surface area contributed by atoms with Gasteiger partial charge in [0.2, 0.25) is 0 Å².